The highest BCUT2D eigenvalue weighted by Crippen LogP contribution is 2.35. The van der Waals surface area contributed by atoms with Crippen LogP contribution in [0.5, 0.6) is 5.75 Å². The number of hydrogen-bond acceptors (Lipinski definition) is 7. The number of aliphatic imine (C=N–C) groups is 2. The number of carbonyl (C=O) groups is 1. The number of halogens is 1. The van der Waals surface area contributed by atoms with Crippen LogP contribution in [0.2, 0.25) is 0 Å². The lowest BCUT2D eigenvalue weighted by Crippen LogP contribution is -2.39. The molecule has 1 aromatic heterocycles. The van der Waals surface area contributed by atoms with Gasteiger partial charge in [-0.2, -0.15) is 0 Å². The molecule has 1 aromatic carbocycles. The summed E-state index contributed by atoms with van der Waals surface area (Å²) in [5.74, 6) is 2.08. The summed E-state index contributed by atoms with van der Waals surface area (Å²) < 4.78 is 25.1. The summed E-state index contributed by atoms with van der Waals surface area (Å²) in [6, 6.07) is 5.01. The third-order valence-electron chi connectivity index (χ3n) is 5.49. The number of fused-ring (bicyclic) bond motifs is 1. The lowest BCUT2D eigenvalue weighted by Gasteiger charge is -2.28. The van der Waals surface area contributed by atoms with Gasteiger partial charge in [0.15, 0.2) is 0 Å². The van der Waals surface area contributed by atoms with Gasteiger partial charge in [-0.3, -0.25) is 0 Å². The first-order valence-electron chi connectivity index (χ1n) is 12.0. The first-order valence-corrected chi connectivity index (χ1v) is 12.8. The van der Waals surface area contributed by atoms with E-state index in [1.54, 1.807) is 11.7 Å². The van der Waals surface area contributed by atoms with Crippen LogP contribution in [0.15, 0.2) is 32.8 Å². The van der Waals surface area contributed by atoms with Crippen LogP contribution in [0.1, 0.15) is 54.0 Å². The summed E-state index contributed by atoms with van der Waals surface area (Å²) in [7, 11) is 1.62. The molecule has 0 saturated carbocycles. The Balaban J connectivity index is 2.13. The SMILES string of the molecule is CCOC1=N[C@H](C(C)C)C(OCC)=N[C@@H]1Cc1c(Br)n(C(=O)OC(C)(C)C)c2ccc(OC)cc12. The Morgan fingerprint density at radius 3 is 2.34 bits per heavy atom. The van der Waals surface area contributed by atoms with Gasteiger partial charge in [-0.05, 0) is 80.2 Å². The predicted octanol–water partition coefficient (Wildman–Crippen LogP) is 6.01. The molecule has 1 aliphatic heterocycles. The molecule has 8 nitrogen and oxygen atoms in total. The van der Waals surface area contributed by atoms with Crippen LogP contribution in [-0.2, 0) is 20.6 Å². The normalized spacial score (nSPS) is 18.3. The van der Waals surface area contributed by atoms with Crippen LogP contribution in [0.4, 0.5) is 4.79 Å². The minimum Gasteiger partial charge on any atom is -0.497 e. The van der Waals surface area contributed by atoms with E-state index in [2.05, 4.69) is 29.8 Å². The molecule has 0 saturated heterocycles. The second-order valence-electron chi connectivity index (χ2n) is 9.68. The first-order chi connectivity index (χ1) is 16.5. The molecule has 0 fully saturated rings. The van der Waals surface area contributed by atoms with E-state index in [9.17, 15) is 4.79 Å². The number of hydrogen-bond donors (Lipinski definition) is 0. The number of rotatable bonds is 6. The average Bonchev–Trinajstić information content (AvgIpc) is 3.04. The summed E-state index contributed by atoms with van der Waals surface area (Å²) in [6.45, 7) is 14.6. The fourth-order valence-electron chi connectivity index (χ4n) is 3.99. The Morgan fingerprint density at radius 2 is 1.77 bits per heavy atom. The zero-order chi connectivity index (χ0) is 25.9. The molecule has 0 amide bonds. The van der Waals surface area contributed by atoms with E-state index in [1.807, 2.05) is 52.8 Å². The molecule has 3 rings (SSSR count). The third kappa shape index (κ3) is 6.00. The van der Waals surface area contributed by atoms with Crippen LogP contribution in [0.25, 0.3) is 10.9 Å². The maximum absolute atomic E-state index is 13.2. The van der Waals surface area contributed by atoms with Crippen molar-refractivity contribution in [3.63, 3.8) is 0 Å². The van der Waals surface area contributed by atoms with Crippen molar-refractivity contribution in [2.45, 2.75) is 72.6 Å². The highest BCUT2D eigenvalue weighted by atomic mass is 79.9. The molecule has 1 aliphatic rings. The molecule has 35 heavy (non-hydrogen) atoms. The van der Waals surface area contributed by atoms with Crippen LogP contribution in [-0.4, -0.2) is 60.5 Å². The minimum atomic E-state index is -0.638. The van der Waals surface area contributed by atoms with Crippen LogP contribution in [0, 0.1) is 5.92 Å². The van der Waals surface area contributed by atoms with Crippen LogP contribution < -0.4 is 4.74 Å². The first kappa shape index (κ1) is 27.0. The van der Waals surface area contributed by atoms with Crippen molar-refractivity contribution in [3.8, 4) is 5.75 Å². The van der Waals surface area contributed by atoms with Crippen molar-refractivity contribution in [2.24, 2.45) is 15.9 Å². The lowest BCUT2D eigenvalue weighted by atomic mass is 10.00. The maximum atomic E-state index is 13.2. The Bertz CT molecular complexity index is 1130. The average molecular weight is 550 g/mol. The highest BCUT2D eigenvalue weighted by molar-refractivity contribution is 9.10. The second-order valence-corrected chi connectivity index (χ2v) is 10.4. The maximum Gasteiger partial charge on any atom is 0.419 e. The van der Waals surface area contributed by atoms with Crippen molar-refractivity contribution in [3.05, 3.63) is 28.4 Å². The van der Waals surface area contributed by atoms with Gasteiger partial charge in [0.2, 0.25) is 11.8 Å². The standard InChI is InChI=1S/C26H36BrN3O5/c1-9-33-23-19(28-24(34-10-2)21(29-23)15(3)4)14-18-17-13-16(32-8)11-12-20(17)30(22(18)27)25(31)35-26(5,6)7/h11-13,15,19,21H,9-10,14H2,1-8H3/t19-,21-/m1/s1. The van der Waals surface area contributed by atoms with Crippen molar-refractivity contribution in [1.29, 1.82) is 0 Å². The van der Waals surface area contributed by atoms with E-state index in [-0.39, 0.29) is 12.0 Å². The molecule has 0 spiro atoms. The van der Waals surface area contributed by atoms with Crippen molar-refractivity contribution < 1.29 is 23.7 Å². The summed E-state index contributed by atoms with van der Waals surface area (Å²) in [5.41, 5.74) is 0.951. The van der Waals surface area contributed by atoms with Crippen molar-refractivity contribution >= 4 is 44.7 Å². The predicted molar refractivity (Wildman–Crippen MR) is 142 cm³/mol. The molecule has 9 heteroatoms. The van der Waals surface area contributed by atoms with Gasteiger partial charge >= 0.3 is 6.09 Å². The van der Waals surface area contributed by atoms with Gasteiger partial charge in [-0.25, -0.2) is 19.3 Å². The van der Waals surface area contributed by atoms with E-state index < -0.39 is 17.7 Å². The van der Waals surface area contributed by atoms with Crippen molar-refractivity contribution in [1.82, 2.24) is 4.57 Å². The molecular weight excluding hydrogens is 514 g/mol. The van der Waals surface area contributed by atoms with Gasteiger partial charge in [-0.15, -0.1) is 0 Å². The number of ether oxygens (including phenoxy) is 4. The summed E-state index contributed by atoms with van der Waals surface area (Å²) in [6.07, 6.45) is -0.0215. The van der Waals surface area contributed by atoms with Crippen LogP contribution >= 0.6 is 15.9 Å². The molecule has 2 aromatic rings. The number of aromatic nitrogens is 1. The fourth-order valence-corrected chi connectivity index (χ4v) is 4.70. The molecule has 192 valence electrons. The topological polar surface area (TPSA) is 83.6 Å². The fraction of sp³-hybridized carbons (Fsp3) is 0.577. The Hall–Kier alpha value is -2.55. The Morgan fingerprint density at radius 1 is 1.11 bits per heavy atom. The Kier molecular flexibility index (Phi) is 8.51. The molecule has 0 radical (unpaired) electrons. The van der Waals surface area contributed by atoms with Gasteiger partial charge < -0.3 is 18.9 Å². The zero-order valence-electron chi connectivity index (χ0n) is 21.8. The van der Waals surface area contributed by atoms with E-state index in [0.717, 1.165) is 10.9 Å². The quantitative estimate of drug-likeness (QED) is 0.440. The molecule has 2 heterocycles. The van der Waals surface area contributed by atoms with E-state index in [4.69, 9.17) is 28.9 Å². The monoisotopic (exact) mass is 549 g/mol. The van der Waals surface area contributed by atoms with Gasteiger partial charge in [0.1, 0.15) is 23.4 Å². The molecule has 0 bridgehead atoms. The summed E-state index contributed by atoms with van der Waals surface area (Å²) >= 11 is 3.68. The number of benzene rings is 1. The Labute approximate surface area is 215 Å². The zero-order valence-corrected chi connectivity index (χ0v) is 23.4. The highest BCUT2D eigenvalue weighted by Gasteiger charge is 2.34. The van der Waals surface area contributed by atoms with Gasteiger partial charge in [0.05, 0.1) is 30.4 Å². The minimum absolute atomic E-state index is 0.195. The number of nitrogens with zero attached hydrogens (tertiary/aromatic N) is 3. The summed E-state index contributed by atoms with van der Waals surface area (Å²) in [5, 5.41) is 0.858. The van der Waals surface area contributed by atoms with Crippen LogP contribution in [0.3, 0.4) is 0 Å². The second kappa shape index (κ2) is 11.0. The van der Waals surface area contributed by atoms with Gasteiger partial charge in [0.25, 0.3) is 0 Å². The molecule has 0 aliphatic carbocycles. The van der Waals surface area contributed by atoms with Crippen molar-refractivity contribution in [2.75, 3.05) is 20.3 Å². The van der Waals surface area contributed by atoms with Gasteiger partial charge in [-0.1, -0.05) is 13.8 Å². The smallest absolute Gasteiger partial charge is 0.419 e. The number of methoxy groups -OCH3 is 1. The number of carbonyl (C=O) groups excluding carboxylic acids is 1. The molecule has 0 unspecified atom stereocenters. The third-order valence-corrected chi connectivity index (χ3v) is 6.33. The lowest BCUT2D eigenvalue weighted by molar-refractivity contribution is 0.0540. The molecular formula is C26H36BrN3O5. The summed E-state index contributed by atoms with van der Waals surface area (Å²) in [4.78, 5) is 23.0. The molecule has 2 atom stereocenters. The van der Waals surface area contributed by atoms with E-state index in [0.29, 0.717) is 47.3 Å². The van der Waals surface area contributed by atoms with Gasteiger partial charge in [0, 0.05) is 11.8 Å². The molecule has 0 N–H and O–H groups in total. The van der Waals surface area contributed by atoms with E-state index in [1.165, 1.54) is 0 Å². The largest absolute Gasteiger partial charge is 0.497 e. The van der Waals surface area contributed by atoms with E-state index >= 15 is 0 Å².